The smallest absolute Gasteiger partial charge is 0.404 e. The zero-order chi connectivity index (χ0) is 22.1. The van der Waals surface area contributed by atoms with Crippen LogP contribution in [0.4, 0.5) is 13.2 Å². The van der Waals surface area contributed by atoms with Crippen molar-refractivity contribution in [1.82, 2.24) is 0 Å². The number of carbonyl (C=O) groups is 2. The van der Waals surface area contributed by atoms with Gasteiger partial charge in [0.1, 0.15) is 5.60 Å². The van der Waals surface area contributed by atoms with E-state index < -0.39 is 43.6 Å². The maximum absolute atomic E-state index is 13.6. The van der Waals surface area contributed by atoms with E-state index in [1.165, 1.54) is 6.92 Å². The summed E-state index contributed by atoms with van der Waals surface area (Å²) in [5.74, 6) is -1.20. The Kier molecular flexibility index (Phi) is 7.18. The molecule has 0 aromatic rings. The number of rotatable bonds is 7. The molecule has 2 fully saturated rings. The number of esters is 2. The molecule has 3 unspecified atom stereocenters. The normalized spacial score (nSPS) is 29.7. The van der Waals surface area contributed by atoms with Gasteiger partial charge in [-0.25, -0.2) is 0 Å². The van der Waals surface area contributed by atoms with Crippen LogP contribution in [-0.4, -0.2) is 38.0 Å². The molecule has 2 aliphatic carbocycles. The summed E-state index contributed by atoms with van der Waals surface area (Å²) in [5.41, 5.74) is -3.77. The number of ether oxygens (including phenoxy) is 2. The molecule has 0 N–H and O–H groups in total. The highest BCUT2D eigenvalue weighted by Crippen LogP contribution is 2.50. The van der Waals surface area contributed by atoms with Crippen molar-refractivity contribution in [3.63, 3.8) is 0 Å². The lowest BCUT2D eigenvalue weighted by atomic mass is 9.65. The Morgan fingerprint density at radius 2 is 1.66 bits per heavy atom. The standard InChI is InChI=1S/C21H35F3O4Si/c1-6-19(2,21(22,23)24)18(26)28-20(13-17(25)27-14-29(3,4)5)11-15-8-7-9-16(10-15)12-20/h15-16H,6-14H2,1-5H3. The molecule has 0 amide bonds. The third-order valence-electron chi connectivity index (χ3n) is 6.44. The van der Waals surface area contributed by atoms with Crippen LogP contribution in [0, 0.1) is 17.3 Å². The Balaban J connectivity index is 2.23. The van der Waals surface area contributed by atoms with Gasteiger partial charge in [0.2, 0.25) is 0 Å². The van der Waals surface area contributed by atoms with Crippen molar-refractivity contribution in [3.05, 3.63) is 0 Å². The third kappa shape index (κ3) is 5.98. The lowest BCUT2D eigenvalue weighted by Crippen LogP contribution is -2.51. The Morgan fingerprint density at radius 1 is 1.10 bits per heavy atom. The number of fused-ring (bicyclic) bond motifs is 2. The zero-order valence-electron chi connectivity index (χ0n) is 18.3. The van der Waals surface area contributed by atoms with E-state index in [1.807, 2.05) is 0 Å². The van der Waals surface area contributed by atoms with Gasteiger partial charge in [0.15, 0.2) is 5.41 Å². The molecule has 2 saturated carbocycles. The lowest BCUT2D eigenvalue weighted by molar-refractivity contribution is -0.241. The first-order chi connectivity index (χ1) is 13.2. The maximum atomic E-state index is 13.6. The summed E-state index contributed by atoms with van der Waals surface area (Å²) >= 11 is 0. The number of hydrogen-bond donors (Lipinski definition) is 0. The first-order valence-corrected chi connectivity index (χ1v) is 14.4. The van der Waals surface area contributed by atoms with Gasteiger partial charge in [0.25, 0.3) is 0 Å². The Morgan fingerprint density at radius 3 is 2.10 bits per heavy atom. The van der Waals surface area contributed by atoms with Crippen LogP contribution in [0.1, 0.15) is 65.2 Å². The predicted octanol–water partition coefficient (Wildman–Crippen LogP) is 5.66. The minimum absolute atomic E-state index is 0.159. The number of carbonyl (C=O) groups excluding carboxylic acids is 2. The second kappa shape index (κ2) is 8.59. The summed E-state index contributed by atoms with van der Waals surface area (Å²) < 4.78 is 51.9. The highest BCUT2D eigenvalue weighted by molar-refractivity contribution is 6.76. The van der Waals surface area contributed by atoms with E-state index in [1.54, 1.807) is 0 Å². The second-order valence-corrected chi connectivity index (χ2v) is 15.9. The summed E-state index contributed by atoms with van der Waals surface area (Å²) in [7, 11) is -1.62. The quantitative estimate of drug-likeness (QED) is 0.382. The molecular formula is C21H35F3O4Si. The summed E-state index contributed by atoms with van der Waals surface area (Å²) in [6.45, 7) is 8.42. The largest absolute Gasteiger partial charge is 0.469 e. The van der Waals surface area contributed by atoms with Crippen LogP contribution in [0.3, 0.4) is 0 Å². The van der Waals surface area contributed by atoms with E-state index in [4.69, 9.17) is 9.47 Å². The Hall–Kier alpha value is -1.05. The van der Waals surface area contributed by atoms with Crippen molar-refractivity contribution >= 4 is 20.0 Å². The van der Waals surface area contributed by atoms with Crippen LogP contribution in [0.5, 0.6) is 0 Å². The summed E-state index contributed by atoms with van der Waals surface area (Å²) in [4.78, 5) is 25.3. The molecule has 0 spiro atoms. The molecule has 8 heteroatoms. The zero-order valence-corrected chi connectivity index (χ0v) is 19.3. The SMILES string of the molecule is CCC(C)(C(=O)OC1(CC(=O)OC[Si](C)(C)C)CC2CCCC(C2)C1)C(F)(F)F. The number of alkyl halides is 3. The van der Waals surface area contributed by atoms with Crippen LogP contribution < -0.4 is 0 Å². The molecule has 0 radical (unpaired) electrons. The first kappa shape index (κ1) is 24.2. The third-order valence-corrected chi connectivity index (χ3v) is 7.45. The molecule has 0 heterocycles. The van der Waals surface area contributed by atoms with Crippen molar-refractivity contribution < 1.29 is 32.2 Å². The minimum atomic E-state index is -4.71. The van der Waals surface area contributed by atoms with E-state index in [0.717, 1.165) is 32.6 Å². The maximum Gasteiger partial charge on any atom is 0.404 e. The van der Waals surface area contributed by atoms with Crippen LogP contribution in [-0.2, 0) is 19.1 Å². The van der Waals surface area contributed by atoms with Gasteiger partial charge in [0.05, 0.1) is 20.7 Å². The Bertz CT molecular complexity index is 602. The van der Waals surface area contributed by atoms with Gasteiger partial charge < -0.3 is 9.47 Å². The molecule has 0 saturated heterocycles. The van der Waals surface area contributed by atoms with E-state index in [2.05, 4.69) is 19.6 Å². The van der Waals surface area contributed by atoms with E-state index >= 15 is 0 Å². The van der Waals surface area contributed by atoms with Crippen LogP contribution >= 0.6 is 0 Å². The highest BCUT2D eigenvalue weighted by atomic mass is 28.3. The van der Waals surface area contributed by atoms with Crippen molar-refractivity contribution in [3.8, 4) is 0 Å². The molecule has 2 bridgehead atoms. The molecule has 4 nitrogen and oxygen atoms in total. The lowest BCUT2D eigenvalue weighted by Gasteiger charge is -2.47. The molecule has 2 aliphatic rings. The van der Waals surface area contributed by atoms with Crippen LogP contribution in [0.2, 0.25) is 19.6 Å². The minimum Gasteiger partial charge on any atom is -0.469 e. The fourth-order valence-corrected chi connectivity index (χ4v) is 5.15. The van der Waals surface area contributed by atoms with Gasteiger partial charge in [-0.3, -0.25) is 9.59 Å². The van der Waals surface area contributed by atoms with Gasteiger partial charge in [-0.1, -0.05) is 45.8 Å². The van der Waals surface area contributed by atoms with E-state index in [0.29, 0.717) is 19.1 Å². The number of halogens is 3. The summed E-state index contributed by atoms with van der Waals surface area (Å²) in [6.07, 6.45) is -0.0483. The monoisotopic (exact) mass is 436 g/mol. The van der Waals surface area contributed by atoms with Crippen LogP contribution in [0.15, 0.2) is 0 Å². The van der Waals surface area contributed by atoms with Crippen LogP contribution in [0.25, 0.3) is 0 Å². The molecule has 0 aromatic carbocycles. The van der Waals surface area contributed by atoms with Gasteiger partial charge in [-0.15, -0.1) is 0 Å². The van der Waals surface area contributed by atoms with Crippen molar-refractivity contribution in [2.24, 2.45) is 17.3 Å². The summed E-state index contributed by atoms with van der Waals surface area (Å²) in [5, 5.41) is 0. The van der Waals surface area contributed by atoms with Gasteiger partial charge in [-0.05, 0) is 44.4 Å². The topological polar surface area (TPSA) is 52.6 Å². The molecule has 2 rings (SSSR count). The predicted molar refractivity (Wildman–Crippen MR) is 107 cm³/mol. The molecule has 29 heavy (non-hydrogen) atoms. The molecule has 0 aromatic heterocycles. The average Bonchev–Trinajstić information content (AvgIpc) is 2.57. The van der Waals surface area contributed by atoms with Crippen molar-refractivity contribution in [2.75, 3.05) is 6.23 Å². The molecule has 3 atom stereocenters. The van der Waals surface area contributed by atoms with E-state index in [-0.39, 0.29) is 18.3 Å². The molecular weight excluding hydrogens is 401 g/mol. The van der Waals surface area contributed by atoms with Gasteiger partial charge in [0, 0.05) is 0 Å². The Labute approximate surface area is 172 Å². The molecule has 0 aliphatic heterocycles. The fourth-order valence-electron chi connectivity index (χ4n) is 4.55. The van der Waals surface area contributed by atoms with Crippen molar-refractivity contribution in [1.29, 1.82) is 0 Å². The molecule has 168 valence electrons. The van der Waals surface area contributed by atoms with E-state index in [9.17, 15) is 22.8 Å². The highest BCUT2D eigenvalue weighted by Gasteiger charge is 2.59. The fraction of sp³-hybridized carbons (Fsp3) is 0.905. The first-order valence-electron chi connectivity index (χ1n) is 10.7. The second-order valence-electron chi connectivity index (χ2n) is 10.5. The summed E-state index contributed by atoms with van der Waals surface area (Å²) in [6, 6.07) is 0. The average molecular weight is 437 g/mol. The van der Waals surface area contributed by atoms with Crippen molar-refractivity contribution in [2.45, 2.75) is 96.6 Å². The van der Waals surface area contributed by atoms with Gasteiger partial charge in [-0.2, -0.15) is 13.2 Å². The van der Waals surface area contributed by atoms with Gasteiger partial charge >= 0.3 is 18.1 Å². The number of hydrogen-bond acceptors (Lipinski definition) is 4.